The molecule has 2 aliphatic heterocycles. The van der Waals surface area contributed by atoms with Crippen LogP contribution in [-0.4, -0.2) is 61.6 Å². The molecule has 3 amide bonds. The van der Waals surface area contributed by atoms with E-state index in [9.17, 15) is 14.4 Å². The fraction of sp³-hybridized carbons (Fsp3) is 0.344. The van der Waals surface area contributed by atoms with Crippen molar-refractivity contribution in [1.29, 1.82) is 0 Å². The number of carbonyl (C=O) groups excluding carboxylic acids is 3. The Bertz CT molecular complexity index is 1400. The summed E-state index contributed by atoms with van der Waals surface area (Å²) in [6.45, 7) is 8.35. The molecule has 0 unspecified atom stereocenters. The second-order valence-electron chi connectivity index (χ2n) is 10.4. The van der Waals surface area contributed by atoms with Crippen LogP contribution in [0, 0.1) is 0 Å². The van der Waals surface area contributed by atoms with E-state index in [4.69, 9.17) is 16.3 Å². The molecule has 0 bridgehead atoms. The van der Waals surface area contributed by atoms with Crippen LogP contribution in [0.15, 0.2) is 72.8 Å². The van der Waals surface area contributed by atoms with Gasteiger partial charge in [0.1, 0.15) is 0 Å². The molecule has 1 fully saturated rings. The summed E-state index contributed by atoms with van der Waals surface area (Å²) >= 11 is 6.11. The first kappa shape index (κ1) is 28.5. The Morgan fingerprint density at radius 3 is 2.22 bits per heavy atom. The van der Waals surface area contributed by atoms with Crippen LogP contribution in [-0.2, 0) is 9.53 Å². The maximum atomic E-state index is 13.9. The maximum Gasteiger partial charge on any atom is 0.409 e. The molecule has 0 aromatic heterocycles. The molecule has 3 aromatic carbocycles. The van der Waals surface area contributed by atoms with Gasteiger partial charge in [0.25, 0.3) is 5.91 Å². The smallest absolute Gasteiger partial charge is 0.409 e. The molecular formula is C32H35ClN4O4. The first-order chi connectivity index (χ1) is 19.8. The van der Waals surface area contributed by atoms with Crippen LogP contribution in [0.1, 0.15) is 49.2 Å². The Morgan fingerprint density at radius 2 is 1.59 bits per heavy atom. The van der Waals surface area contributed by atoms with Crippen molar-refractivity contribution in [2.45, 2.75) is 39.3 Å². The van der Waals surface area contributed by atoms with Crippen molar-refractivity contribution in [3.05, 3.63) is 88.9 Å². The minimum absolute atomic E-state index is 0.0715. The SMILES string of the molecule is CCOC(=O)N1CCN(c2ccc(C(=O)N3c4ccccc4[C@H](N(C(C)=O)c4ccc(Cl)cc4)C[C@@H]3C)cc2)CC1. The third-order valence-corrected chi connectivity index (χ3v) is 8.07. The van der Waals surface area contributed by atoms with Crippen molar-refractivity contribution in [3.63, 3.8) is 0 Å². The molecule has 0 radical (unpaired) electrons. The minimum Gasteiger partial charge on any atom is -0.450 e. The molecule has 214 valence electrons. The molecule has 0 spiro atoms. The van der Waals surface area contributed by atoms with Gasteiger partial charge in [-0.2, -0.15) is 0 Å². The number of hydrogen-bond donors (Lipinski definition) is 0. The Hall–Kier alpha value is -4.04. The van der Waals surface area contributed by atoms with E-state index in [1.807, 2.05) is 72.5 Å². The summed E-state index contributed by atoms with van der Waals surface area (Å²) in [6, 6.07) is 22.4. The van der Waals surface area contributed by atoms with Crippen LogP contribution >= 0.6 is 11.6 Å². The molecule has 2 atom stereocenters. The normalized spacial score (nSPS) is 18.5. The number of anilines is 3. The fourth-order valence-electron chi connectivity index (χ4n) is 5.83. The molecule has 0 aliphatic carbocycles. The molecule has 5 rings (SSSR count). The first-order valence-corrected chi connectivity index (χ1v) is 14.4. The number of hydrogen-bond acceptors (Lipinski definition) is 5. The van der Waals surface area contributed by atoms with E-state index in [-0.39, 0.29) is 30.0 Å². The summed E-state index contributed by atoms with van der Waals surface area (Å²) in [7, 11) is 0. The van der Waals surface area contributed by atoms with Gasteiger partial charge < -0.3 is 24.3 Å². The van der Waals surface area contributed by atoms with Gasteiger partial charge in [-0.15, -0.1) is 0 Å². The third-order valence-electron chi connectivity index (χ3n) is 7.82. The van der Waals surface area contributed by atoms with Gasteiger partial charge in [0.15, 0.2) is 0 Å². The van der Waals surface area contributed by atoms with Gasteiger partial charge in [-0.1, -0.05) is 29.8 Å². The lowest BCUT2D eigenvalue weighted by atomic mass is 9.89. The van der Waals surface area contributed by atoms with Crippen molar-refractivity contribution in [2.24, 2.45) is 0 Å². The highest BCUT2D eigenvalue weighted by atomic mass is 35.5. The van der Waals surface area contributed by atoms with E-state index in [0.717, 1.165) is 22.6 Å². The van der Waals surface area contributed by atoms with Crippen molar-refractivity contribution >= 4 is 46.6 Å². The Morgan fingerprint density at radius 1 is 0.927 bits per heavy atom. The van der Waals surface area contributed by atoms with Crippen LogP contribution in [0.4, 0.5) is 21.9 Å². The number of rotatable bonds is 5. The summed E-state index contributed by atoms with van der Waals surface area (Å²) in [5, 5.41) is 0.608. The van der Waals surface area contributed by atoms with E-state index in [1.165, 1.54) is 0 Å². The number of nitrogens with zero attached hydrogens (tertiary/aromatic N) is 4. The largest absolute Gasteiger partial charge is 0.450 e. The standard InChI is InChI=1S/C32H35ClN4O4/c1-4-41-32(40)35-19-17-34(18-20-35)26-13-9-24(10-14-26)31(39)36-22(2)21-30(28-7-5-6-8-29(28)36)37(23(3)38)27-15-11-25(33)12-16-27/h5-16,22,30H,4,17-21H2,1-3H3/t22-,30+/m0/s1. The van der Waals surface area contributed by atoms with E-state index in [2.05, 4.69) is 4.90 Å². The summed E-state index contributed by atoms with van der Waals surface area (Å²) in [5.41, 5.74) is 4.12. The van der Waals surface area contributed by atoms with Crippen molar-refractivity contribution in [3.8, 4) is 0 Å². The lowest BCUT2D eigenvalue weighted by Gasteiger charge is -2.43. The van der Waals surface area contributed by atoms with Crippen molar-refractivity contribution in [2.75, 3.05) is 47.5 Å². The number of benzene rings is 3. The maximum absolute atomic E-state index is 13.9. The molecular weight excluding hydrogens is 540 g/mol. The number of halogens is 1. The first-order valence-electron chi connectivity index (χ1n) is 14.0. The van der Waals surface area contributed by atoms with E-state index in [0.29, 0.717) is 49.8 Å². The van der Waals surface area contributed by atoms with Crippen molar-refractivity contribution in [1.82, 2.24) is 4.90 Å². The zero-order chi connectivity index (χ0) is 29.1. The van der Waals surface area contributed by atoms with Gasteiger partial charge in [-0.25, -0.2) is 4.79 Å². The molecule has 1 saturated heterocycles. The van der Waals surface area contributed by atoms with Crippen LogP contribution in [0.5, 0.6) is 0 Å². The molecule has 0 N–H and O–H groups in total. The van der Waals surface area contributed by atoms with Gasteiger partial charge in [0.05, 0.1) is 12.6 Å². The lowest BCUT2D eigenvalue weighted by molar-refractivity contribution is -0.117. The Labute approximate surface area is 246 Å². The average Bonchev–Trinajstić information content (AvgIpc) is 2.98. The molecule has 2 aliphatic rings. The highest BCUT2D eigenvalue weighted by molar-refractivity contribution is 6.30. The third kappa shape index (κ3) is 5.88. The van der Waals surface area contributed by atoms with Crippen LogP contribution in [0.25, 0.3) is 0 Å². The fourth-order valence-corrected chi connectivity index (χ4v) is 5.96. The summed E-state index contributed by atoms with van der Waals surface area (Å²) in [5.74, 6) is -0.152. The van der Waals surface area contributed by atoms with Crippen molar-refractivity contribution < 1.29 is 19.1 Å². The number of para-hydroxylation sites is 1. The highest BCUT2D eigenvalue weighted by Crippen LogP contribution is 2.43. The number of fused-ring (bicyclic) bond motifs is 1. The topological polar surface area (TPSA) is 73.4 Å². The molecule has 41 heavy (non-hydrogen) atoms. The summed E-state index contributed by atoms with van der Waals surface area (Å²) < 4.78 is 5.12. The van der Waals surface area contributed by atoms with Gasteiger partial charge in [0.2, 0.25) is 5.91 Å². The summed E-state index contributed by atoms with van der Waals surface area (Å²) in [4.78, 5) is 46.4. The number of piperazine rings is 1. The zero-order valence-corrected chi connectivity index (χ0v) is 24.4. The monoisotopic (exact) mass is 574 g/mol. The number of amides is 3. The number of ether oxygens (including phenoxy) is 1. The van der Waals surface area contributed by atoms with Crippen LogP contribution < -0.4 is 14.7 Å². The highest BCUT2D eigenvalue weighted by Gasteiger charge is 2.38. The van der Waals surface area contributed by atoms with E-state index >= 15 is 0 Å². The lowest BCUT2D eigenvalue weighted by Crippen LogP contribution is -2.49. The Balaban J connectivity index is 1.36. The Kier molecular flexibility index (Phi) is 8.49. The minimum atomic E-state index is -0.272. The van der Waals surface area contributed by atoms with Gasteiger partial charge in [0, 0.05) is 66.8 Å². The predicted molar refractivity (Wildman–Crippen MR) is 162 cm³/mol. The van der Waals surface area contributed by atoms with E-state index in [1.54, 1.807) is 35.8 Å². The van der Waals surface area contributed by atoms with Crippen LogP contribution in [0.3, 0.4) is 0 Å². The second kappa shape index (κ2) is 12.2. The molecule has 0 saturated carbocycles. The summed E-state index contributed by atoms with van der Waals surface area (Å²) in [6.07, 6.45) is 0.319. The zero-order valence-electron chi connectivity index (χ0n) is 23.6. The molecule has 9 heteroatoms. The second-order valence-corrected chi connectivity index (χ2v) is 10.9. The van der Waals surface area contributed by atoms with E-state index < -0.39 is 0 Å². The van der Waals surface area contributed by atoms with Gasteiger partial charge in [-0.05, 0) is 80.4 Å². The average molecular weight is 575 g/mol. The van der Waals surface area contributed by atoms with Gasteiger partial charge in [-0.3, -0.25) is 9.59 Å². The predicted octanol–water partition coefficient (Wildman–Crippen LogP) is 6.15. The number of carbonyl (C=O) groups is 3. The molecule has 2 heterocycles. The molecule has 3 aromatic rings. The van der Waals surface area contributed by atoms with Gasteiger partial charge >= 0.3 is 6.09 Å². The molecule has 8 nitrogen and oxygen atoms in total. The van der Waals surface area contributed by atoms with Crippen LogP contribution in [0.2, 0.25) is 5.02 Å². The quantitative estimate of drug-likeness (QED) is 0.365.